The number of halogens is 3. The third kappa shape index (κ3) is 3.84. The van der Waals surface area contributed by atoms with Crippen LogP contribution < -0.4 is 0 Å². The number of hydrogen-bond acceptors (Lipinski definition) is 5. The average Bonchev–Trinajstić information content (AvgIpc) is 3.16. The molecule has 1 saturated heterocycles. The zero-order valence-corrected chi connectivity index (χ0v) is 18.1. The second-order valence-corrected chi connectivity index (χ2v) is 9.54. The van der Waals surface area contributed by atoms with E-state index >= 15 is 0 Å². The Hall–Kier alpha value is -2.99. The van der Waals surface area contributed by atoms with Crippen molar-refractivity contribution in [3.05, 3.63) is 59.5 Å². The van der Waals surface area contributed by atoms with Crippen LogP contribution in [-0.4, -0.2) is 63.8 Å². The van der Waals surface area contributed by atoms with E-state index in [4.69, 9.17) is 0 Å². The Morgan fingerprint density at radius 3 is 2.62 bits per heavy atom. The Bertz CT molecular complexity index is 1290. The van der Waals surface area contributed by atoms with Gasteiger partial charge in [0.25, 0.3) is 5.91 Å². The number of carbonyl (C=O) groups is 1. The summed E-state index contributed by atoms with van der Waals surface area (Å²) in [6.07, 6.45) is 0.0835. The minimum Gasteiger partial charge on any atom is -0.333 e. The van der Waals surface area contributed by atoms with E-state index < -0.39 is 27.8 Å². The second kappa shape index (κ2) is 7.85. The zero-order chi connectivity index (χ0) is 23.3. The van der Waals surface area contributed by atoms with E-state index in [0.29, 0.717) is 11.2 Å². The fraction of sp³-hybridized carbons (Fsp3) is 0.350. The van der Waals surface area contributed by atoms with Crippen molar-refractivity contribution in [3.8, 4) is 0 Å². The second-order valence-electron chi connectivity index (χ2n) is 7.63. The van der Waals surface area contributed by atoms with Crippen LogP contribution in [0.3, 0.4) is 0 Å². The summed E-state index contributed by atoms with van der Waals surface area (Å²) >= 11 is 0. The Morgan fingerprint density at radius 2 is 1.97 bits per heavy atom. The minimum atomic E-state index is -4.56. The maximum Gasteiger partial charge on any atom is 0.416 e. The number of aryl methyl sites for hydroxylation is 1. The zero-order valence-electron chi connectivity index (χ0n) is 17.2. The van der Waals surface area contributed by atoms with E-state index in [2.05, 4.69) is 10.1 Å². The van der Waals surface area contributed by atoms with E-state index in [1.165, 1.54) is 21.9 Å². The molecule has 1 fully saturated rings. The van der Waals surface area contributed by atoms with Gasteiger partial charge in [-0.25, -0.2) is 17.9 Å². The molecule has 170 valence electrons. The van der Waals surface area contributed by atoms with Crippen LogP contribution in [0, 0.1) is 6.92 Å². The summed E-state index contributed by atoms with van der Waals surface area (Å²) in [6, 6.07) is 3.80. The van der Waals surface area contributed by atoms with Gasteiger partial charge in [0.2, 0.25) is 10.0 Å². The molecule has 0 spiro atoms. The normalized spacial score (nSPS) is 18.3. The van der Waals surface area contributed by atoms with Crippen molar-refractivity contribution in [1.82, 2.24) is 23.8 Å². The highest BCUT2D eigenvalue weighted by Gasteiger charge is 2.37. The number of sulfonamides is 1. The third-order valence-electron chi connectivity index (χ3n) is 5.48. The Kier molecular flexibility index (Phi) is 5.45. The van der Waals surface area contributed by atoms with Crippen LogP contribution in [0.2, 0.25) is 0 Å². The summed E-state index contributed by atoms with van der Waals surface area (Å²) in [5.74, 6) is -0.311. The number of piperazine rings is 1. The molecular weight excluding hydrogens is 447 g/mol. The molecule has 1 aromatic carbocycles. The van der Waals surface area contributed by atoms with Gasteiger partial charge in [-0.1, -0.05) is 0 Å². The van der Waals surface area contributed by atoms with Gasteiger partial charge >= 0.3 is 6.18 Å². The predicted molar refractivity (Wildman–Crippen MR) is 108 cm³/mol. The molecule has 0 bridgehead atoms. The van der Waals surface area contributed by atoms with Crippen molar-refractivity contribution >= 4 is 21.6 Å². The first-order valence-corrected chi connectivity index (χ1v) is 11.2. The molecule has 1 unspecified atom stereocenters. The molecule has 2 aromatic heterocycles. The smallest absolute Gasteiger partial charge is 0.333 e. The molecule has 4 rings (SSSR count). The molecule has 12 heteroatoms. The number of aromatic nitrogens is 3. The number of carbonyl (C=O) groups excluding carboxylic acids is 1. The van der Waals surface area contributed by atoms with Gasteiger partial charge in [-0.3, -0.25) is 4.79 Å². The third-order valence-corrected chi connectivity index (χ3v) is 7.51. The SMILES string of the molecule is Cc1cc(C(F)(F)F)ccc1S(=O)(=O)N1CCN(C(=O)c2cnn3cccnc23)C(C)C1. The molecule has 3 aromatic rings. The van der Waals surface area contributed by atoms with Crippen molar-refractivity contribution < 1.29 is 26.4 Å². The Labute approximate surface area is 182 Å². The molecule has 1 atom stereocenters. The van der Waals surface area contributed by atoms with Crippen molar-refractivity contribution in [3.63, 3.8) is 0 Å². The first-order valence-electron chi connectivity index (χ1n) is 9.77. The van der Waals surface area contributed by atoms with Gasteiger partial charge in [-0.2, -0.15) is 22.6 Å². The lowest BCUT2D eigenvalue weighted by Crippen LogP contribution is -2.55. The van der Waals surface area contributed by atoms with Gasteiger partial charge in [0.1, 0.15) is 5.56 Å². The maximum absolute atomic E-state index is 13.1. The Balaban J connectivity index is 1.54. The number of fused-ring (bicyclic) bond motifs is 1. The molecule has 1 aliphatic rings. The van der Waals surface area contributed by atoms with Crippen molar-refractivity contribution in [2.45, 2.75) is 31.0 Å². The lowest BCUT2D eigenvalue weighted by Gasteiger charge is -2.39. The standard InChI is InChI=1S/C20H20F3N5O3S/c1-13-10-15(20(21,22)23)4-5-17(13)32(30,31)26-8-9-27(14(2)12-26)19(29)16-11-25-28-7-3-6-24-18(16)28/h3-7,10-11,14H,8-9,12H2,1-2H3. The minimum absolute atomic E-state index is 0.0151. The van der Waals surface area contributed by atoms with Gasteiger partial charge < -0.3 is 4.90 Å². The summed E-state index contributed by atoms with van der Waals surface area (Å²) in [5, 5.41) is 4.11. The van der Waals surface area contributed by atoms with Crippen LogP contribution in [0.25, 0.3) is 5.65 Å². The molecule has 32 heavy (non-hydrogen) atoms. The lowest BCUT2D eigenvalue weighted by molar-refractivity contribution is -0.137. The highest BCUT2D eigenvalue weighted by molar-refractivity contribution is 7.89. The number of benzene rings is 1. The van der Waals surface area contributed by atoms with Crippen molar-refractivity contribution in [2.24, 2.45) is 0 Å². The van der Waals surface area contributed by atoms with E-state index in [1.54, 1.807) is 30.3 Å². The molecule has 3 heterocycles. The molecule has 0 aliphatic carbocycles. The van der Waals surface area contributed by atoms with E-state index in [0.717, 1.165) is 18.2 Å². The summed E-state index contributed by atoms with van der Waals surface area (Å²) in [4.78, 5) is 18.6. The molecular formula is C20H20F3N5O3S. The summed E-state index contributed by atoms with van der Waals surface area (Å²) in [7, 11) is -4.03. The first-order chi connectivity index (χ1) is 15.0. The quantitative estimate of drug-likeness (QED) is 0.591. The fourth-order valence-corrected chi connectivity index (χ4v) is 5.55. The first kappa shape index (κ1) is 22.2. The molecule has 0 N–H and O–H groups in total. The highest BCUT2D eigenvalue weighted by Crippen LogP contribution is 2.32. The van der Waals surface area contributed by atoms with Crippen LogP contribution in [0.4, 0.5) is 13.2 Å². The van der Waals surface area contributed by atoms with Gasteiger partial charge in [0.05, 0.1) is 16.7 Å². The predicted octanol–water partition coefficient (Wildman–Crippen LogP) is 2.59. The molecule has 0 radical (unpaired) electrons. The highest BCUT2D eigenvalue weighted by atomic mass is 32.2. The topological polar surface area (TPSA) is 87.9 Å². The average molecular weight is 467 g/mol. The fourth-order valence-electron chi connectivity index (χ4n) is 3.83. The molecule has 1 amide bonds. The number of rotatable bonds is 3. The number of alkyl halides is 3. The van der Waals surface area contributed by atoms with Crippen LogP contribution in [-0.2, 0) is 16.2 Å². The number of amides is 1. The summed E-state index contributed by atoms with van der Waals surface area (Å²) in [6.45, 7) is 3.22. The van der Waals surface area contributed by atoms with Gasteiger partial charge in [-0.05, 0) is 43.7 Å². The van der Waals surface area contributed by atoms with E-state index in [9.17, 15) is 26.4 Å². The van der Waals surface area contributed by atoms with Crippen LogP contribution >= 0.6 is 0 Å². The van der Waals surface area contributed by atoms with Crippen LogP contribution in [0.1, 0.15) is 28.4 Å². The van der Waals surface area contributed by atoms with Gasteiger partial charge in [0.15, 0.2) is 5.65 Å². The number of nitrogens with zero attached hydrogens (tertiary/aromatic N) is 5. The van der Waals surface area contributed by atoms with Gasteiger partial charge in [0, 0.05) is 38.1 Å². The largest absolute Gasteiger partial charge is 0.416 e. The van der Waals surface area contributed by atoms with Crippen molar-refractivity contribution in [1.29, 1.82) is 0 Å². The monoisotopic (exact) mass is 467 g/mol. The van der Waals surface area contributed by atoms with Crippen molar-refractivity contribution in [2.75, 3.05) is 19.6 Å². The summed E-state index contributed by atoms with van der Waals surface area (Å²) in [5.41, 5.74) is -0.171. The summed E-state index contributed by atoms with van der Waals surface area (Å²) < 4.78 is 67.7. The molecule has 1 aliphatic heterocycles. The van der Waals surface area contributed by atoms with Crippen LogP contribution in [0.5, 0.6) is 0 Å². The molecule has 0 saturated carbocycles. The lowest BCUT2D eigenvalue weighted by atomic mass is 10.1. The molecule has 8 nitrogen and oxygen atoms in total. The number of hydrogen-bond donors (Lipinski definition) is 0. The Morgan fingerprint density at radius 1 is 1.22 bits per heavy atom. The van der Waals surface area contributed by atoms with E-state index in [-0.39, 0.29) is 36.0 Å². The van der Waals surface area contributed by atoms with Gasteiger partial charge in [-0.15, -0.1) is 0 Å². The van der Waals surface area contributed by atoms with Crippen LogP contribution in [0.15, 0.2) is 47.8 Å². The van der Waals surface area contributed by atoms with E-state index in [1.807, 2.05) is 0 Å². The maximum atomic E-state index is 13.1.